The van der Waals surface area contributed by atoms with Crippen LogP contribution >= 0.6 is 0 Å². The van der Waals surface area contributed by atoms with Gasteiger partial charge in [-0.3, -0.25) is 0 Å². The van der Waals surface area contributed by atoms with Gasteiger partial charge in [-0.15, -0.1) is 0 Å². The van der Waals surface area contributed by atoms with Crippen molar-refractivity contribution in [2.24, 2.45) is 5.14 Å². The van der Waals surface area contributed by atoms with Gasteiger partial charge in [-0.2, -0.15) is 0 Å². The van der Waals surface area contributed by atoms with Gasteiger partial charge in [-0.25, -0.2) is 13.6 Å². The molecule has 0 spiro atoms. The third-order valence-corrected chi connectivity index (χ3v) is 1.73. The molecule has 0 unspecified atom stereocenters. The first kappa shape index (κ1) is 10.2. The zero-order valence-corrected chi connectivity index (χ0v) is 7.06. The molecule has 6 heteroatoms. The Morgan fingerprint density at radius 1 is 1.73 bits per heavy atom. The van der Waals surface area contributed by atoms with Gasteiger partial charge < -0.3 is 10.4 Å². The number of allylic oxidation sites excluding steroid dienone is 1. The average molecular weight is 180 g/mol. The molecule has 0 aliphatic carbocycles. The molecule has 0 bridgehead atoms. The van der Waals surface area contributed by atoms with Crippen LogP contribution in [0.2, 0.25) is 0 Å². The number of rotatable bonds is 4. The Labute approximate surface area is 66.0 Å². The fraction of sp³-hybridized carbons (Fsp3) is 0.600. The number of aliphatic hydroxyl groups excluding tert-OH is 1. The molecule has 0 fully saturated rings. The van der Waals surface area contributed by atoms with Crippen molar-refractivity contribution < 1.29 is 13.5 Å². The molecule has 5 nitrogen and oxygen atoms in total. The first-order valence-electron chi connectivity index (χ1n) is 3.01. The van der Waals surface area contributed by atoms with Crippen LogP contribution in [0.5, 0.6) is 0 Å². The lowest BCUT2D eigenvalue weighted by Crippen LogP contribution is -2.17. The van der Waals surface area contributed by atoms with Crippen molar-refractivity contribution in [3.63, 3.8) is 0 Å². The van der Waals surface area contributed by atoms with E-state index in [9.17, 15) is 8.42 Å². The van der Waals surface area contributed by atoms with Crippen LogP contribution in [-0.2, 0) is 10.0 Å². The van der Waals surface area contributed by atoms with Gasteiger partial charge in [-0.05, 0) is 0 Å². The minimum atomic E-state index is -3.47. The van der Waals surface area contributed by atoms with E-state index in [1.807, 2.05) is 0 Å². The van der Waals surface area contributed by atoms with Crippen molar-refractivity contribution in [1.29, 1.82) is 0 Å². The number of nitrogens with one attached hydrogen (secondary N) is 1. The van der Waals surface area contributed by atoms with Gasteiger partial charge in [0.15, 0.2) is 0 Å². The second-order valence-corrected chi connectivity index (χ2v) is 3.78. The maximum Gasteiger partial charge on any atom is 0.209 e. The molecule has 0 heterocycles. The fourth-order valence-corrected chi connectivity index (χ4v) is 0.979. The van der Waals surface area contributed by atoms with Crippen molar-refractivity contribution in [3.05, 3.63) is 12.0 Å². The van der Waals surface area contributed by atoms with Crippen molar-refractivity contribution >= 4 is 10.0 Å². The van der Waals surface area contributed by atoms with Crippen LogP contribution in [0.25, 0.3) is 0 Å². The van der Waals surface area contributed by atoms with Gasteiger partial charge >= 0.3 is 0 Å². The Bertz CT molecular complexity index is 232. The quantitative estimate of drug-likeness (QED) is 0.498. The van der Waals surface area contributed by atoms with Gasteiger partial charge in [0.25, 0.3) is 0 Å². The van der Waals surface area contributed by atoms with E-state index in [2.05, 4.69) is 5.32 Å². The van der Waals surface area contributed by atoms with Crippen LogP contribution in [0, 0.1) is 0 Å². The molecular formula is C5H12N2O3S. The molecule has 0 aromatic carbocycles. The van der Waals surface area contributed by atoms with Gasteiger partial charge in [0.05, 0.1) is 5.75 Å². The highest BCUT2D eigenvalue weighted by Gasteiger charge is 2.03. The molecule has 0 amide bonds. The highest BCUT2D eigenvalue weighted by Crippen LogP contribution is 1.95. The zero-order chi connectivity index (χ0) is 8.91. The maximum atomic E-state index is 10.4. The van der Waals surface area contributed by atoms with Gasteiger partial charge in [0, 0.05) is 19.7 Å². The van der Waals surface area contributed by atoms with Gasteiger partial charge in [0.2, 0.25) is 10.0 Å². The van der Waals surface area contributed by atoms with Gasteiger partial charge in [0.1, 0.15) is 5.76 Å². The summed E-state index contributed by atoms with van der Waals surface area (Å²) < 4.78 is 20.7. The molecule has 0 radical (unpaired) electrons. The molecule has 0 aliphatic rings. The summed E-state index contributed by atoms with van der Waals surface area (Å²) in [6.45, 7) is 0. The lowest BCUT2D eigenvalue weighted by Gasteiger charge is -1.97. The SMILES string of the molecule is CN/C=C(\O)CCS(N)(=O)=O. The number of aliphatic hydroxyl groups is 1. The molecule has 0 atom stereocenters. The lowest BCUT2D eigenvalue weighted by molar-refractivity contribution is 0.390. The van der Waals surface area contributed by atoms with E-state index in [1.165, 1.54) is 6.20 Å². The monoisotopic (exact) mass is 180 g/mol. The zero-order valence-electron chi connectivity index (χ0n) is 6.24. The number of primary sulfonamides is 1. The van der Waals surface area contributed by atoms with Crippen molar-refractivity contribution in [2.75, 3.05) is 12.8 Å². The van der Waals surface area contributed by atoms with Crippen molar-refractivity contribution in [1.82, 2.24) is 5.32 Å². The van der Waals surface area contributed by atoms with Crippen LogP contribution in [0.1, 0.15) is 6.42 Å². The average Bonchev–Trinajstić information content (AvgIpc) is 1.83. The predicted octanol–water partition coefficient (Wildman–Crippen LogP) is -0.716. The summed E-state index contributed by atoms with van der Waals surface area (Å²) in [5.74, 6) is -0.265. The molecule has 0 saturated carbocycles. The number of nitrogens with two attached hydrogens (primary N) is 1. The van der Waals surface area contributed by atoms with Crippen LogP contribution in [-0.4, -0.2) is 26.3 Å². The summed E-state index contributed by atoms with van der Waals surface area (Å²) >= 11 is 0. The van der Waals surface area contributed by atoms with Crippen LogP contribution in [0.15, 0.2) is 12.0 Å². The Morgan fingerprint density at radius 2 is 2.27 bits per heavy atom. The summed E-state index contributed by atoms with van der Waals surface area (Å²) in [4.78, 5) is 0. The van der Waals surface area contributed by atoms with E-state index in [4.69, 9.17) is 10.2 Å². The van der Waals surface area contributed by atoms with E-state index in [-0.39, 0.29) is 17.9 Å². The highest BCUT2D eigenvalue weighted by molar-refractivity contribution is 7.89. The lowest BCUT2D eigenvalue weighted by atomic mass is 10.4. The normalized spacial score (nSPS) is 13.1. The standard InChI is InChI=1S/C5H12N2O3S/c1-7-4-5(8)2-3-11(6,9)10/h4,7-8H,2-3H2,1H3,(H2,6,9,10)/b5-4-. The smallest absolute Gasteiger partial charge is 0.209 e. The van der Waals surface area contributed by atoms with E-state index in [1.54, 1.807) is 7.05 Å². The minimum Gasteiger partial charge on any atom is -0.511 e. The van der Waals surface area contributed by atoms with Crippen LogP contribution in [0.4, 0.5) is 0 Å². The molecule has 4 N–H and O–H groups in total. The van der Waals surface area contributed by atoms with E-state index in [0.717, 1.165) is 0 Å². The van der Waals surface area contributed by atoms with E-state index < -0.39 is 10.0 Å². The molecule has 0 saturated heterocycles. The van der Waals surface area contributed by atoms with E-state index in [0.29, 0.717) is 0 Å². The number of hydrogen-bond donors (Lipinski definition) is 3. The topological polar surface area (TPSA) is 92.4 Å². The van der Waals surface area contributed by atoms with Crippen LogP contribution in [0.3, 0.4) is 0 Å². The second kappa shape index (κ2) is 4.20. The Morgan fingerprint density at radius 3 is 2.64 bits per heavy atom. The van der Waals surface area contributed by atoms with Gasteiger partial charge in [-0.1, -0.05) is 0 Å². The second-order valence-electron chi connectivity index (χ2n) is 2.04. The minimum absolute atomic E-state index is 0.0264. The molecule has 0 aromatic heterocycles. The summed E-state index contributed by atoms with van der Waals surface area (Å²) in [7, 11) is -1.86. The van der Waals surface area contributed by atoms with Crippen molar-refractivity contribution in [3.8, 4) is 0 Å². The van der Waals surface area contributed by atoms with Crippen molar-refractivity contribution in [2.45, 2.75) is 6.42 Å². The van der Waals surface area contributed by atoms with Crippen LogP contribution < -0.4 is 10.5 Å². The summed E-state index contributed by atoms with van der Waals surface area (Å²) in [6, 6.07) is 0. The highest BCUT2D eigenvalue weighted by atomic mass is 32.2. The largest absolute Gasteiger partial charge is 0.511 e. The van der Waals surface area contributed by atoms with E-state index >= 15 is 0 Å². The third-order valence-electron chi connectivity index (χ3n) is 0.954. The number of sulfonamides is 1. The summed E-state index contributed by atoms with van der Waals surface area (Å²) in [5.41, 5.74) is 0. The Hall–Kier alpha value is -0.750. The predicted molar refractivity (Wildman–Crippen MR) is 42.4 cm³/mol. The summed E-state index contributed by atoms with van der Waals surface area (Å²) in [5, 5.41) is 16.1. The fourth-order valence-electron chi connectivity index (χ4n) is 0.486. The first-order chi connectivity index (χ1) is 4.95. The molecule has 0 rings (SSSR count). The Balaban J connectivity index is 3.81. The summed E-state index contributed by atoms with van der Waals surface area (Å²) in [6.07, 6.45) is 1.35. The molecule has 0 aromatic rings. The number of hydrogen-bond acceptors (Lipinski definition) is 4. The molecular weight excluding hydrogens is 168 g/mol. The first-order valence-corrected chi connectivity index (χ1v) is 4.73. The Kier molecular flexibility index (Phi) is 3.91. The molecule has 11 heavy (non-hydrogen) atoms. The maximum absolute atomic E-state index is 10.4. The third kappa shape index (κ3) is 7.14. The molecule has 66 valence electrons. The molecule has 0 aliphatic heterocycles.